The van der Waals surface area contributed by atoms with E-state index in [4.69, 9.17) is 26.8 Å². The zero-order valence-electron chi connectivity index (χ0n) is 17.7. The van der Waals surface area contributed by atoms with Crippen LogP contribution in [0.3, 0.4) is 0 Å². The molecule has 7 nitrogen and oxygen atoms in total. The van der Waals surface area contributed by atoms with Gasteiger partial charge in [-0.1, -0.05) is 12.1 Å². The van der Waals surface area contributed by atoms with Gasteiger partial charge in [0, 0.05) is 30.9 Å². The Kier molecular flexibility index (Phi) is 7.37. The van der Waals surface area contributed by atoms with Crippen molar-refractivity contribution in [3.8, 4) is 22.9 Å². The zero-order chi connectivity index (χ0) is 21.5. The fraction of sp³-hybridized carbons (Fsp3) is 0.318. The van der Waals surface area contributed by atoms with Crippen LogP contribution < -0.4 is 14.4 Å². The maximum atomic E-state index is 5.69. The summed E-state index contributed by atoms with van der Waals surface area (Å²) in [6.07, 6.45) is 6.26. The smallest absolute Gasteiger partial charge is 0.203 e. The molecule has 0 spiro atoms. The van der Waals surface area contributed by atoms with E-state index in [1.54, 1.807) is 26.6 Å². The lowest BCUT2D eigenvalue weighted by Gasteiger charge is -2.14. The number of hydrogen-bond donors (Lipinski definition) is 1. The highest BCUT2D eigenvalue weighted by Crippen LogP contribution is 2.27. The van der Waals surface area contributed by atoms with E-state index in [-0.39, 0.29) is 0 Å². The zero-order valence-corrected chi connectivity index (χ0v) is 18.5. The Hall–Kier alpha value is -2.97. The summed E-state index contributed by atoms with van der Waals surface area (Å²) >= 11 is 5.69. The van der Waals surface area contributed by atoms with Crippen molar-refractivity contribution in [1.82, 2.24) is 19.3 Å². The molecule has 30 heavy (non-hydrogen) atoms. The van der Waals surface area contributed by atoms with Crippen LogP contribution in [0.25, 0.3) is 11.4 Å². The molecule has 2 heterocycles. The highest BCUT2D eigenvalue weighted by molar-refractivity contribution is 7.71. The number of allylic oxidation sites excluding steroid dienone is 1. The Morgan fingerprint density at radius 3 is 2.53 bits per heavy atom. The Balaban J connectivity index is 1.73. The number of pyridine rings is 1. The van der Waals surface area contributed by atoms with Gasteiger partial charge in [-0.15, -0.1) is 11.7 Å². The quantitative estimate of drug-likeness (QED) is 0.399. The molecule has 0 aliphatic rings. The van der Waals surface area contributed by atoms with E-state index < -0.39 is 0 Å². The van der Waals surface area contributed by atoms with Gasteiger partial charge in [-0.25, -0.2) is 0 Å². The largest absolute Gasteiger partial charge is 0.493 e. The van der Waals surface area contributed by atoms with Crippen LogP contribution in [0.5, 0.6) is 11.5 Å². The summed E-state index contributed by atoms with van der Waals surface area (Å²) in [5.74, 6) is 2.32. The highest BCUT2D eigenvalue weighted by Gasteiger charge is 2.15. The maximum Gasteiger partial charge on any atom is 0.203 e. The van der Waals surface area contributed by atoms with E-state index in [0.717, 1.165) is 35.9 Å². The summed E-state index contributed by atoms with van der Waals surface area (Å²) in [5, 5.41) is 4.79. The van der Waals surface area contributed by atoms with Crippen LogP contribution in [-0.4, -0.2) is 47.1 Å². The van der Waals surface area contributed by atoms with Crippen molar-refractivity contribution in [2.45, 2.75) is 19.6 Å². The van der Waals surface area contributed by atoms with E-state index in [9.17, 15) is 0 Å². The van der Waals surface area contributed by atoms with Crippen LogP contribution in [0.2, 0.25) is 0 Å². The summed E-state index contributed by atoms with van der Waals surface area (Å²) < 4.78 is 15.3. The van der Waals surface area contributed by atoms with Crippen molar-refractivity contribution in [3.63, 3.8) is 0 Å². The molecule has 0 aliphatic heterocycles. The van der Waals surface area contributed by atoms with Gasteiger partial charge in [0.1, 0.15) is 0 Å². The number of quaternary nitrogens is 1. The van der Waals surface area contributed by atoms with Gasteiger partial charge in [-0.05, 0) is 42.0 Å². The third-order valence-electron chi connectivity index (χ3n) is 4.88. The van der Waals surface area contributed by atoms with Gasteiger partial charge < -0.3 is 14.4 Å². The molecule has 0 saturated carbocycles. The minimum atomic E-state index is 0.612. The lowest BCUT2D eigenvalue weighted by Crippen LogP contribution is -3.08. The number of ether oxygens (including phenoxy) is 2. The lowest BCUT2D eigenvalue weighted by atomic mass is 10.1. The lowest BCUT2D eigenvalue weighted by molar-refractivity contribution is -0.903. The van der Waals surface area contributed by atoms with Crippen LogP contribution in [0.4, 0.5) is 0 Å². The highest BCUT2D eigenvalue weighted by atomic mass is 32.1. The molecule has 1 unspecified atom stereocenters. The fourth-order valence-electron chi connectivity index (χ4n) is 3.28. The summed E-state index contributed by atoms with van der Waals surface area (Å²) in [6, 6.07) is 9.92. The fourth-order valence-corrected chi connectivity index (χ4v) is 3.55. The van der Waals surface area contributed by atoms with Crippen molar-refractivity contribution in [2.75, 3.05) is 27.8 Å². The molecule has 0 fully saturated rings. The predicted octanol–water partition coefficient (Wildman–Crippen LogP) is 2.39. The first-order chi connectivity index (χ1) is 14.6. The van der Waals surface area contributed by atoms with Gasteiger partial charge in [-0.2, -0.15) is 4.68 Å². The summed E-state index contributed by atoms with van der Waals surface area (Å²) in [5.41, 5.74) is 2.19. The molecule has 2 aromatic heterocycles. The van der Waals surface area contributed by atoms with Crippen molar-refractivity contribution < 1.29 is 14.4 Å². The molecule has 3 rings (SSSR count). The Morgan fingerprint density at radius 2 is 1.87 bits per heavy atom. The second kappa shape index (κ2) is 10.2. The first kappa shape index (κ1) is 21.7. The number of methoxy groups -OCH3 is 2. The number of likely N-dealkylation sites (N-methyl/N-ethyl adjacent to an activating group) is 1. The standard InChI is InChI=1S/C22H27N5O2S/c1-5-13-26-21(18-8-11-23-12-9-18)24-27(22(26)30)16-25(2)14-10-17-6-7-19(28-3)20(15-17)29-4/h5-9,11-12,15H,1,10,13-14,16H2,2-4H3/p+1. The van der Waals surface area contributed by atoms with Crippen molar-refractivity contribution >= 4 is 12.2 Å². The Bertz CT molecular complexity index is 1050. The monoisotopic (exact) mass is 426 g/mol. The number of hydrogen-bond acceptors (Lipinski definition) is 5. The molecule has 1 aromatic carbocycles. The molecule has 8 heteroatoms. The molecule has 1 N–H and O–H groups in total. The minimum absolute atomic E-state index is 0.612. The topological polar surface area (TPSA) is 58.5 Å². The minimum Gasteiger partial charge on any atom is -0.493 e. The normalized spacial score (nSPS) is 11.8. The van der Waals surface area contributed by atoms with Gasteiger partial charge >= 0.3 is 0 Å². The third kappa shape index (κ3) is 4.95. The second-order valence-corrected chi connectivity index (χ2v) is 7.41. The van der Waals surface area contributed by atoms with Gasteiger partial charge in [0.15, 0.2) is 24.0 Å². The van der Waals surface area contributed by atoms with E-state index in [2.05, 4.69) is 24.7 Å². The number of nitrogens with one attached hydrogen (secondary N) is 1. The first-order valence-corrected chi connectivity index (χ1v) is 10.2. The molecule has 0 radical (unpaired) electrons. The van der Waals surface area contributed by atoms with Gasteiger partial charge in [0.05, 0.1) is 27.8 Å². The Labute approximate surface area is 182 Å². The molecule has 0 amide bonds. The Morgan fingerprint density at radius 1 is 1.13 bits per heavy atom. The summed E-state index contributed by atoms with van der Waals surface area (Å²) in [6.45, 7) is 6.06. The van der Waals surface area contributed by atoms with E-state index in [1.807, 2.05) is 39.6 Å². The first-order valence-electron chi connectivity index (χ1n) is 9.78. The van der Waals surface area contributed by atoms with Crippen molar-refractivity contribution in [1.29, 1.82) is 0 Å². The molecule has 158 valence electrons. The number of aromatic nitrogens is 4. The maximum absolute atomic E-state index is 5.69. The molecule has 0 bridgehead atoms. The average molecular weight is 427 g/mol. The van der Waals surface area contributed by atoms with Crippen LogP contribution in [-0.2, 0) is 19.6 Å². The molecule has 3 aromatic rings. The second-order valence-electron chi connectivity index (χ2n) is 7.05. The van der Waals surface area contributed by atoms with E-state index in [1.165, 1.54) is 10.5 Å². The van der Waals surface area contributed by atoms with Crippen LogP contribution >= 0.6 is 12.2 Å². The van der Waals surface area contributed by atoms with Crippen LogP contribution in [0.1, 0.15) is 5.56 Å². The SMILES string of the molecule is C=CCn1c(-c2ccncc2)nn(C[NH+](C)CCc2ccc(OC)c(OC)c2)c1=S. The number of benzene rings is 1. The molecular weight excluding hydrogens is 398 g/mol. The number of rotatable bonds is 10. The molecule has 1 atom stereocenters. The molecule has 0 saturated heterocycles. The van der Waals surface area contributed by atoms with Crippen molar-refractivity contribution in [3.05, 3.63) is 65.7 Å². The van der Waals surface area contributed by atoms with Gasteiger partial charge in [-0.3, -0.25) is 9.55 Å². The average Bonchev–Trinajstić information content (AvgIpc) is 3.08. The van der Waals surface area contributed by atoms with Crippen LogP contribution in [0, 0.1) is 4.77 Å². The molecular formula is C22H28N5O2S+. The number of nitrogens with zero attached hydrogens (tertiary/aromatic N) is 4. The summed E-state index contributed by atoms with van der Waals surface area (Å²) in [7, 11) is 5.44. The summed E-state index contributed by atoms with van der Waals surface area (Å²) in [4.78, 5) is 5.39. The van der Waals surface area contributed by atoms with Crippen LogP contribution in [0.15, 0.2) is 55.4 Å². The molecule has 0 aliphatic carbocycles. The van der Waals surface area contributed by atoms with E-state index >= 15 is 0 Å². The van der Waals surface area contributed by atoms with Gasteiger partial charge in [0.2, 0.25) is 4.77 Å². The van der Waals surface area contributed by atoms with Gasteiger partial charge in [0.25, 0.3) is 0 Å². The third-order valence-corrected chi connectivity index (χ3v) is 5.31. The van der Waals surface area contributed by atoms with Crippen molar-refractivity contribution in [2.24, 2.45) is 0 Å². The van der Waals surface area contributed by atoms with E-state index in [0.29, 0.717) is 18.0 Å². The predicted molar refractivity (Wildman–Crippen MR) is 119 cm³/mol.